The van der Waals surface area contributed by atoms with Gasteiger partial charge in [0.2, 0.25) is 0 Å². The molecule has 1 aromatic carbocycles. The Bertz CT molecular complexity index is 693. The Morgan fingerprint density at radius 3 is 2.60 bits per heavy atom. The molecule has 0 aliphatic carbocycles. The van der Waals surface area contributed by atoms with Gasteiger partial charge in [0.05, 0.1) is 11.3 Å². The van der Waals surface area contributed by atoms with Crippen LogP contribution in [0.2, 0.25) is 5.02 Å². The number of halogens is 4. The Labute approximate surface area is 116 Å². The molecule has 0 unspecified atom stereocenters. The van der Waals surface area contributed by atoms with Crippen molar-refractivity contribution in [3.63, 3.8) is 0 Å². The van der Waals surface area contributed by atoms with Gasteiger partial charge in [-0.1, -0.05) is 22.8 Å². The molecular formula is C12H6ClF3N4. The summed E-state index contributed by atoms with van der Waals surface area (Å²) in [6.45, 7) is 0. The molecule has 1 heterocycles. The molecule has 0 atom stereocenters. The van der Waals surface area contributed by atoms with E-state index in [4.69, 9.17) is 17.1 Å². The maximum atomic E-state index is 12.7. The van der Waals surface area contributed by atoms with E-state index in [2.05, 4.69) is 15.0 Å². The van der Waals surface area contributed by atoms with Crippen molar-refractivity contribution in [3.05, 3.63) is 57.6 Å². The zero-order valence-electron chi connectivity index (χ0n) is 9.76. The van der Waals surface area contributed by atoms with Crippen molar-refractivity contribution in [2.24, 2.45) is 5.11 Å². The molecule has 20 heavy (non-hydrogen) atoms. The Morgan fingerprint density at radius 2 is 1.95 bits per heavy atom. The van der Waals surface area contributed by atoms with Gasteiger partial charge in [0.1, 0.15) is 0 Å². The molecule has 2 rings (SSSR count). The molecular weight excluding hydrogens is 293 g/mol. The average molecular weight is 299 g/mol. The first-order valence-corrected chi connectivity index (χ1v) is 5.68. The molecule has 0 fully saturated rings. The van der Waals surface area contributed by atoms with E-state index in [-0.39, 0.29) is 22.0 Å². The van der Waals surface area contributed by atoms with Crippen molar-refractivity contribution < 1.29 is 13.2 Å². The molecule has 1 aromatic heterocycles. The lowest BCUT2D eigenvalue weighted by Crippen LogP contribution is -2.05. The van der Waals surface area contributed by atoms with E-state index in [0.29, 0.717) is 0 Å². The van der Waals surface area contributed by atoms with Gasteiger partial charge >= 0.3 is 6.18 Å². The van der Waals surface area contributed by atoms with E-state index in [1.165, 1.54) is 18.2 Å². The fourth-order valence-corrected chi connectivity index (χ4v) is 1.79. The first kappa shape index (κ1) is 14.2. The van der Waals surface area contributed by atoms with Crippen molar-refractivity contribution in [3.8, 4) is 11.3 Å². The summed E-state index contributed by atoms with van der Waals surface area (Å²) >= 11 is 5.94. The second-order valence-corrected chi connectivity index (χ2v) is 4.19. The predicted octanol–water partition coefficient (Wildman–Crippen LogP) is 5.36. The normalized spacial score (nSPS) is 11.0. The number of nitrogens with zero attached hydrogens (tertiary/aromatic N) is 4. The molecule has 0 amide bonds. The summed E-state index contributed by atoms with van der Waals surface area (Å²) < 4.78 is 38.0. The maximum Gasteiger partial charge on any atom is 0.416 e. The Hall–Kier alpha value is -2.24. The molecule has 0 radical (unpaired) electrons. The molecule has 0 N–H and O–H groups in total. The third-order valence-corrected chi connectivity index (χ3v) is 2.80. The van der Waals surface area contributed by atoms with Crippen LogP contribution in [0.15, 0.2) is 41.6 Å². The van der Waals surface area contributed by atoms with E-state index in [9.17, 15) is 13.2 Å². The average Bonchev–Trinajstić information content (AvgIpc) is 2.40. The molecule has 102 valence electrons. The lowest BCUT2D eigenvalue weighted by atomic mass is 10.1. The fourth-order valence-electron chi connectivity index (χ4n) is 1.58. The second-order valence-electron chi connectivity index (χ2n) is 3.78. The van der Waals surface area contributed by atoms with Gasteiger partial charge in [-0.3, -0.25) is 4.98 Å². The first-order chi connectivity index (χ1) is 9.41. The van der Waals surface area contributed by atoms with Crippen LogP contribution >= 0.6 is 11.6 Å². The monoisotopic (exact) mass is 298 g/mol. The van der Waals surface area contributed by atoms with Crippen LogP contribution in [-0.2, 0) is 6.18 Å². The number of pyridine rings is 1. The number of alkyl halides is 3. The highest BCUT2D eigenvalue weighted by atomic mass is 35.5. The van der Waals surface area contributed by atoms with E-state index >= 15 is 0 Å². The number of hydrogen-bond donors (Lipinski definition) is 0. The zero-order valence-corrected chi connectivity index (χ0v) is 10.5. The molecule has 0 saturated carbocycles. The van der Waals surface area contributed by atoms with E-state index < -0.39 is 11.7 Å². The van der Waals surface area contributed by atoms with Crippen LogP contribution < -0.4 is 0 Å². The number of benzene rings is 1. The highest BCUT2D eigenvalue weighted by Gasteiger charge is 2.30. The summed E-state index contributed by atoms with van der Waals surface area (Å²) in [5.41, 5.74) is 8.10. The predicted molar refractivity (Wildman–Crippen MR) is 68.5 cm³/mol. The molecule has 4 nitrogen and oxygen atoms in total. The van der Waals surface area contributed by atoms with Crippen LogP contribution in [0, 0.1) is 0 Å². The molecule has 0 spiro atoms. The Morgan fingerprint density at radius 1 is 1.20 bits per heavy atom. The van der Waals surface area contributed by atoms with Crippen LogP contribution in [0.4, 0.5) is 18.9 Å². The molecule has 2 aromatic rings. The number of hydrogen-bond acceptors (Lipinski definition) is 2. The first-order valence-electron chi connectivity index (χ1n) is 5.30. The number of aromatic nitrogens is 1. The largest absolute Gasteiger partial charge is 0.416 e. The van der Waals surface area contributed by atoms with E-state index in [1.807, 2.05) is 0 Å². The Kier molecular flexibility index (Phi) is 3.83. The van der Waals surface area contributed by atoms with Crippen LogP contribution in [-0.4, -0.2) is 4.98 Å². The molecule has 0 saturated heterocycles. The van der Waals surface area contributed by atoms with Crippen molar-refractivity contribution >= 4 is 17.3 Å². The van der Waals surface area contributed by atoms with Crippen molar-refractivity contribution in [2.75, 3.05) is 0 Å². The van der Waals surface area contributed by atoms with Gasteiger partial charge in [-0.05, 0) is 29.8 Å². The highest BCUT2D eigenvalue weighted by Crippen LogP contribution is 2.34. The van der Waals surface area contributed by atoms with Gasteiger partial charge in [-0.25, -0.2) is 0 Å². The quantitative estimate of drug-likeness (QED) is 0.418. The van der Waals surface area contributed by atoms with E-state index in [1.54, 1.807) is 0 Å². The SMILES string of the molecule is [N-]=[N+]=Nc1ccc(Cl)c(-c2cc(C(F)(F)F)ccn2)c1. The van der Waals surface area contributed by atoms with Crippen LogP contribution in [0.3, 0.4) is 0 Å². The number of azide groups is 1. The summed E-state index contributed by atoms with van der Waals surface area (Å²) in [4.78, 5) is 6.47. The van der Waals surface area contributed by atoms with Gasteiger partial charge in [0, 0.05) is 27.4 Å². The molecule has 0 aliphatic rings. The summed E-state index contributed by atoms with van der Waals surface area (Å²) in [6, 6.07) is 6.03. The third-order valence-electron chi connectivity index (χ3n) is 2.47. The fraction of sp³-hybridized carbons (Fsp3) is 0.0833. The lowest BCUT2D eigenvalue weighted by Gasteiger charge is -2.09. The summed E-state index contributed by atoms with van der Waals surface area (Å²) in [5, 5.41) is 3.59. The van der Waals surface area contributed by atoms with Crippen LogP contribution in [0.5, 0.6) is 0 Å². The lowest BCUT2D eigenvalue weighted by molar-refractivity contribution is -0.137. The van der Waals surface area contributed by atoms with Gasteiger partial charge in [-0.2, -0.15) is 13.2 Å². The van der Waals surface area contributed by atoms with Gasteiger partial charge < -0.3 is 0 Å². The third kappa shape index (κ3) is 3.01. The van der Waals surface area contributed by atoms with Crippen LogP contribution in [0.25, 0.3) is 21.7 Å². The molecule has 8 heteroatoms. The summed E-state index contributed by atoms with van der Waals surface area (Å²) in [5.74, 6) is 0. The van der Waals surface area contributed by atoms with Gasteiger partial charge in [-0.15, -0.1) is 0 Å². The smallest absolute Gasteiger partial charge is 0.256 e. The topological polar surface area (TPSA) is 61.7 Å². The summed E-state index contributed by atoms with van der Waals surface area (Å²) in [6.07, 6.45) is -3.42. The zero-order chi connectivity index (χ0) is 14.8. The van der Waals surface area contributed by atoms with Crippen molar-refractivity contribution in [1.29, 1.82) is 0 Å². The molecule has 0 aliphatic heterocycles. The highest BCUT2D eigenvalue weighted by molar-refractivity contribution is 6.33. The second kappa shape index (κ2) is 5.40. The van der Waals surface area contributed by atoms with E-state index in [0.717, 1.165) is 18.3 Å². The van der Waals surface area contributed by atoms with Crippen molar-refractivity contribution in [2.45, 2.75) is 6.18 Å². The molecule has 0 bridgehead atoms. The maximum absolute atomic E-state index is 12.7. The minimum absolute atomic E-state index is 0.0554. The van der Waals surface area contributed by atoms with Crippen LogP contribution in [0.1, 0.15) is 5.56 Å². The Balaban J connectivity index is 2.56. The van der Waals surface area contributed by atoms with Gasteiger partial charge in [0.25, 0.3) is 0 Å². The van der Waals surface area contributed by atoms with Gasteiger partial charge in [0.15, 0.2) is 0 Å². The summed E-state index contributed by atoms with van der Waals surface area (Å²) in [7, 11) is 0. The van der Waals surface area contributed by atoms with Crippen molar-refractivity contribution in [1.82, 2.24) is 4.98 Å². The minimum atomic E-state index is -4.47. The minimum Gasteiger partial charge on any atom is -0.256 e. The number of rotatable bonds is 2. The standard InChI is InChI=1S/C12H6ClF3N4/c13-10-2-1-8(19-20-17)6-9(10)11-5-7(3-4-18-11)12(14,15)16/h1-6H.